The molecule has 2 unspecified atom stereocenters. The van der Waals surface area contributed by atoms with Gasteiger partial charge in [-0.15, -0.1) is 0 Å². The third-order valence-corrected chi connectivity index (χ3v) is 5.26. The molecule has 0 bridgehead atoms. The van der Waals surface area contributed by atoms with Crippen molar-refractivity contribution in [2.24, 2.45) is 17.8 Å². The second-order valence-electron chi connectivity index (χ2n) is 8.20. The first-order valence-electron chi connectivity index (χ1n) is 10.6. The first-order valence-corrected chi connectivity index (χ1v) is 10.6. The van der Waals surface area contributed by atoms with E-state index in [1.165, 1.54) is 89.9 Å². The Balaban J connectivity index is 3.43. The molecular weight excluding hydrogens is 264 g/mol. The van der Waals surface area contributed by atoms with Crippen LogP contribution >= 0.6 is 0 Å². The van der Waals surface area contributed by atoms with Crippen molar-refractivity contribution in [3.8, 4) is 0 Å². The summed E-state index contributed by atoms with van der Waals surface area (Å²) >= 11 is 0. The molecule has 0 fully saturated rings. The van der Waals surface area contributed by atoms with Gasteiger partial charge >= 0.3 is 0 Å². The minimum Gasteiger partial charge on any atom is -0.0654 e. The van der Waals surface area contributed by atoms with Crippen molar-refractivity contribution >= 4 is 0 Å². The van der Waals surface area contributed by atoms with Crippen LogP contribution in [-0.2, 0) is 0 Å². The molecule has 0 amide bonds. The first-order chi connectivity index (χ1) is 10.6. The average molecular weight is 311 g/mol. The van der Waals surface area contributed by atoms with Gasteiger partial charge in [-0.25, -0.2) is 0 Å². The summed E-state index contributed by atoms with van der Waals surface area (Å²) < 4.78 is 0. The Morgan fingerprint density at radius 3 is 1.64 bits per heavy atom. The Bertz CT molecular complexity index is 206. The summed E-state index contributed by atoms with van der Waals surface area (Å²) in [7, 11) is 0. The van der Waals surface area contributed by atoms with Crippen molar-refractivity contribution in [1.82, 2.24) is 0 Å². The fourth-order valence-corrected chi connectivity index (χ4v) is 3.60. The summed E-state index contributed by atoms with van der Waals surface area (Å²) in [5, 5.41) is 0. The van der Waals surface area contributed by atoms with Gasteiger partial charge in [-0.3, -0.25) is 0 Å². The van der Waals surface area contributed by atoms with E-state index in [2.05, 4.69) is 34.6 Å². The van der Waals surface area contributed by atoms with E-state index >= 15 is 0 Å². The summed E-state index contributed by atoms with van der Waals surface area (Å²) in [4.78, 5) is 0. The second-order valence-corrected chi connectivity index (χ2v) is 8.20. The zero-order valence-corrected chi connectivity index (χ0v) is 16.6. The minimum absolute atomic E-state index is 0.894. The molecule has 0 spiro atoms. The summed E-state index contributed by atoms with van der Waals surface area (Å²) in [6, 6.07) is 0. The summed E-state index contributed by atoms with van der Waals surface area (Å²) in [6.07, 6.45) is 20.3. The lowest BCUT2D eigenvalue weighted by Gasteiger charge is -2.19. The molecule has 134 valence electrons. The minimum atomic E-state index is 0.894. The van der Waals surface area contributed by atoms with Gasteiger partial charge in [-0.1, -0.05) is 118 Å². The van der Waals surface area contributed by atoms with Crippen LogP contribution in [0.3, 0.4) is 0 Å². The molecule has 0 heterocycles. The molecular formula is C22H46. The van der Waals surface area contributed by atoms with Gasteiger partial charge < -0.3 is 0 Å². The van der Waals surface area contributed by atoms with Crippen molar-refractivity contribution in [3.63, 3.8) is 0 Å². The molecule has 0 heteroatoms. The highest BCUT2D eigenvalue weighted by Crippen LogP contribution is 2.25. The Hall–Kier alpha value is 0. The molecule has 0 aromatic heterocycles. The fourth-order valence-electron chi connectivity index (χ4n) is 3.60. The third kappa shape index (κ3) is 14.9. The maximum atomic E-state index is 2.47. The molecule has 0 nitrogen and oxygen atoms in total. The lowest BCUT2D eigenvalue weighted by molar-refractivity contribution is 0.331. The largest absolute Gasteiger partial charge is 0.0654 e. The highest BCUT2D eigenvalue weighted by atomic mass is 14.2. The number of hydrogen-bond donors (Lipinski definition) is 0. The molecule has 0 N–H and O–H groups in total. The van der Waals surface area contributed by atoms with Gasteiger partial charge in [-0.2, -0.15) is 0 Å². The third-order valence-electron chi connectivity index (χ3n) is 5.26. The molecule has 0 aliphatic rings. The van der Waals surface area contributed by atoms with Crippen LogP contribution in [0.2, 0.25) is 0 Å². The second kappa shape index (κ2) is 15.9. The van der Waals surface area contributed by atoms with Crippen molar-refractivity contribution < 1.29 is 0 Å². The molecule has 2 atom stereocenters. The van der Waals surface area contributed by atoms with E-state index in [9.17, 15) is 0 Å². The smallest absolute Gasteiger partial charge is 0.0414 e. The molecule has 0 aliphatic heterocycles. The first kappa shape index (κ1) is 22.0. The van der Waals surface area contributed by atoms with Crippen molar-refractivity contribution in [3.05, 3.63) is 0 Å². The zero-order valence-electron chi connectivity index (χ0n) is 16.6. The van der Waals surface area contributed by atoms with Crippen LogP contribution in [0.15, 0.2) is 0 Å². The van der Waals surface area contributed by atoms with E-state index in [-0.39, 0.29) is 0 Å². The van der Waals surface area contributed by atoms with Gasteiger partial charge in [-0.05, 0) is 24.2 Å². The van der Waals surface area contributed by atoms with Gasteiger partial charge in [0.2, 0.25) is 0 Å². The summed E-state index contributed by atoms with van der Waals surface area (Å²) in [5.74, 6) is 2.84. The number of unbranched alkanes of at least 4 members (excludes halogenated alkanes) is 7. The molecule has 0 aromatic rings. The van der Waals surface area contributed by atoms with Gasteiger partial charge in [0.25, 0.3) is 0 Å². The van der Waals surface area contributed by atoms with Gasteiger partial charge in [0, 0.05) is 0 Å². The summed E-state index contributed by atoms with van der Waals surface area (Å²) in [6.45, 7) is 11.9. The van der Waals surface area contributed by atoms with Crippen LogP contribution < -0.4 is 0 Å². The monoisotopic (exact) mass is 310 g/mol. The molecule has 0 saturated carbocycles. The van der Waals surface area contributed by atoms with Crippen LogP contribution in [0.5, 0.6) is 0 Å². The SMILES string of the molecule is CCCCC(C)CC(CC)CCCCCCCCCC(C)C. The predicted octanol–water partition coefficient (Wildman–Crippen LogP) is 8.40. The molecule has 0 radical (unpaired) electrons. The highest BCUT2D eigenvalue weighted by molar-refractivity contribution is 4.63. The molecule has 0 saturated heterocycles. The van der Waals surface area contributed by atoms with Crippen molar-refractivity contribution in [1.29, 1.82) is 0 Å². The maximum Gasteiger partial charge on any atom is -0.0414 e. The van der Waals surface area contributed by atoms with Crippen molar-refractivity contribution in [2.45, 2.75) is 125 Å². The topological polar surface area (TPSA) is 0 Å². The Morgan fingerprint density at radius 2 is 1.14 bits per heavy atom. The van der Waals surface area contributed by atoms with Gasteiger partial charge in [0.15, 0.2) is 0 Å². The van der Waals surface area contributed by atoms with Crippen molar-refractivity contribution in [2.75, 3.05) is 0 Å². The fraction of sp³-hybridized carbons (Fsp3) is 1.00. The number of hydrogen-bond acceptors (Lipinski definition) is 0. The van der Waals surface area contributed by atoms with Crippen LogP contribution in [0.25, 0.3) is 0 Å². The average Bonchev–Trinajstić information content (AvgIpc) is 2.49. The van der Waals surface area contributed by atoms with E-state index in [1.54, 1.807) is 0 Å². The molecule has 0 aliphatic carbocycles. The quantitative estimate of drug-likeness (QED) is 0.251. The molecule has 0 aromatic carbocycles. The van der Waals surface area contributed by atoms with Gasteiger partial charge in [0.1, 0.15) is 0 Å². The van der Waals surface area contributed by atoms with Crippen LogP contribution in [0.4, 0.5) is 0 Å². The Kier molecular flexibility index (Phi) is 15.9. The van der Waals surface area contributed by atoms with Crippen LogP contribution in [0.1, 0.15) is 125 Å². The van der Waals surface area contributed by atoms with E-state index < -0.39 is 0 Å². The highest BCUT2D eigenvalue weighted by Gasteiger charge is 2.11. The normalized spacial score (nSPS) is 14.5. The lowest BCUT2D eigenvalue weighted by Crippen LogP contribution is -2.06. The van der Waals surface area contributed by atoms with E-state index in [4.69, 9.17) is 0 Å². The zero-order chi connectivity index (χ0) is 16.6. The van der Waals surface area contributed by atoms with Gasteiger partial charge in [0.05, 0.1) is 0 Å². The van der Waals surface area contributed by atoms with Crippen LogP contribution in [0, 0.1) is 17.8 Å². The van der Waals surface area contributed by atoms with Crippen LogP contribution in [-0.4, -0.2) is 0 Å². The van der Waals surface area contributed by atoms with E-state index in [1.807, 2.05) is 0 Å². The van der Waals surface area contributed by atoms with E-state index in [0.29, 0.717) is 0 Å². The Morgan fingerprint density at radius 1 is 0.591 bits per heavy atom. The standard InChI is InChI=1S/C22H46/c1-6-8-17-21(5)19-22(7-2)18-15-13-11-9-10-12-14-16-20(3)4/h20-22H,6-19H2,1-5H3. The summed E-state index contributed by atoms with van der Waals surface area (Å²) in [5.41, 5.74) is 0. The Labute approximate surface area is 142 Å². The van der Waals surface area contributed by atoms with E-state index in [0.717, 1.165) is 17.8 Å². The lowest BCUT2D eigenvalue weighted by atomic mass is 9.87. The molecule has 0 rings (SSSR count). The number of rotatable bonds is 16. The predicted molar refractivity (Wildman–Crippen MR) is 103 cm³/mol. The molecule has 22 heavy (non-hydrogen) atoms. The maximum absolute atomic E-state index is 2.47.